The van der Waals surface area contributed by atoms with Crippen LogP contribution in [-0.4, -0.2) is 33.5 Å². The standard InChI is InChI=1S/C27H32N2O3S/c1-20(2)22-9-12-25(13-10-22)33(30,31)28-26-14-11-23(17-27(26)32-3)24-15-16-29(19-24)18-21-7-5-4-6-8-21/h4-14,17,20,24,28H,15-16,18-19H2,1-3H3. The zero-order valence-electron chi connectivity index (χ0n) is 19.5. The van der Waals surface area contributed by atoms with Crippen molar-refractivity contribution in [2.45, 2.75) is 43.5 Å². The van der Waals surface area contributed by atoms with E-state index in [4.69, 9.17) is 4.74 Å². The lowest BCUT2D eigenvalue weighted by molar-refractivity contribution is 0.327. The minimum Gasteiger partial charge on any atom is -0.495 e. The first-order chi connectivity index (χ1) is 15.9. The molecule has 1 saturated heterocycles. The van der Waals surface area contributed by atoms with Crippen molar-refractivity contribution in [2.24, 2.45) is 0 Å². The van der Waals surface area contributed by atoms with Gasteiger partial charge in [0.25, 0.3) is 10.0 Å². The van der Waals surface area contributed by atoms with Crippen LogP contribution in [0.5, 0.6) is 5.75 Å². The SMILES string of the molecule is COc1cc(C2CCN(Cc3ccccc3)C2)ccc1NS(=O)(=O)c1ccc(C(C)C)cc1. The highest BCUT2D eigenvalue weighted by Crippen LogP contribution is 2.34. The van der Waals surface area contributed by atoms with Crippen molar-refractivity contribution in [3.63, 3.8) is 0 Å². The lowest BCUT2D eigenvalue weighted by Crippen LogP contribution is -2.19. The summed E-state index contributed by atoms with van der Waals surface area (Å²) in [5, 5.41) is 0. The molecule has 174 valence electrons. The fraction of sp³-hybridized carbons (Fsp3) is 0.333. The summed E-state index contributed by atoms with van der Waals surface area (Å²) in [5.41, 5.74) is 4.05. The minimum absolute atomic E-state index is 0.241. The Morgan fingerprint density at radius 1 is 1.03 bits per heavy atom. The molecule has 6 heteroatoms. The molecular formula is C27H32N2O3S. The van der Waals surface area contributed by atoms with Crippen LogP contribution in [0.15, 0.2) is 77.7 Å². The van der Waals surface area contributed by atoms with E-state index in [1.54, 1.807) is 19.2 Å². The van der Waals surface area contributed by atoms with E-state index < -0.39 is 10.0 Å². The van der Waals surface area contributed by atoms with Crippen molar-refractivity contribution >= 4 is 15.7 Å². The Morgan fingerprint density at radius 3 is 2.42 bits per heavy atom. The molecule has 0 amide bonds. The number of nitrogens with zero attached hydrogens (tertiary/aromatic N) is 1. The lowest BCUT2D eigenvalue weighted by Gasteiger charge is -2.18. The number of methoxy groups -OCH3 is 1. The van der Waals surface area contributed by atoms with Crippen LogP contribution in [0.4, 0.5) is 5.69 Å². The second-order valence-electron chi connectivity index (χ2n) is 9.00. The summed E-state index contributed by atoms with van der Waals surface area (Å²) in [5.74, 6) is 1.29. The number of rotatable bonds is 8. The fourth-order valence-corrected chi connectivity index (χ4v) is 5.44. The maximum Gasteiger partial charge on any atom is 0.262 e. The summed E-state index contributed by atoms with van der Waals surface area (Å²) < 4.78 is 34.1. The number of likely N-dealkylation sites (tertiary alicyclic amines) is 1. The molecular weight excluding hydrogens is 432 g/mol. The Balaban J connectivity index is 1.46. The Kier molecular flexibility index (Phi) is 7.05. The van der Waals surface area contributed by atoms with Crippen LogP contribution in [-0.2, 0) is 16.6 Å². The molecule has 0 aromatic heterocycles. The number of hydrogen-bond donors (Lipinski definition) is 1. The van der Waals surface area contributed by atoms with Crippen LogP contribution in [0, 0.1) is 0 Å². The zero-order chi connectivity index (χ0) is 23.4. The van der Waals surface area contributed by atoms with Crippen molar-refractivity contribution in [2.75, 3.05) is 24.9 Å². The van der Waals surface area contributed by atoms with Crippen molar-refractivity contribution in [3.8, 4) is 5.75 Å². The second kappa shape index (κ2) is 9.98. The zero-order valence-corrected chi connectivity index (χ0v) is 20.3. The van der Waals surface area contributed by atoms with Gasteiger partial charge in [-0.05, 0) is 65.8 Å². The molecule has 1 atom stereocenters. The third kappa shape index (κ3) is 5.57. The van der Waals surface area contributed by atoms with E-state index in [1.807, 2.05) is 36.4 Å². The number of anilines is 1. The predicted molar refractivity (Wildman–Crippen MR) is 133 cm³/mol. The maximum absolute atomic E-state index is 12.9. The van der Waals surface area contributed by atoms with Gasteiger partial charge in [-0.1, -0.05) is 62.4 Å². The lowest BCUT2D eigenvalue weighted by atomic mass is 9.98. The fourth-order valence-electron chi connectivity index (χ4n) is 4.37. The Labute approximate surface area is 197 Å². The van der Waals surface area contributed by atoms with Gasteiger partial charge in [-0.15, -0.1) is 0 Å². The molecule has 0 radical (unpaired) electrons. The van der Waals surface area contributed by atoms with Crippen molar-refractivity contribution in [1.82, 2.24) is 4.90 Å². The van der Waals surface area contributed by atoms with Crippen LogP contribution in [0.1, 0.15) is 48.8 Å². The highest BCUT2D eigenvalue weighted by molar-refractivity contribution is 7.92. The van der Waals surface area contributed by atoms with Gasteiger partial charge >= 0.3 is 0 Å². The second-order valence-corrected chi connectivity index (χ2v) is 10.7. The summed E-state index contributed by atoms with van der Waals surface area (Å²) in [4.78, 5) is 2.70. The molecule has 3 aromatic carbocycles. The van der Waals surface area contributed by atoms with Crippen molar-refractivity contribution in [1.29, 1.82) is 0 Å². The summed E-state index contributed by atoms with van der Waals surface area (Å²) in [6, 6.07) is 23.3. The first-order valence-electron chi connectivity index (χ1n) is 11.4. The molecule has 3 aromatic rings. The van der Waals surface area contributed by atoms with Gasteiger partial charge in [-0.3, -0.25) is 9.62 Å². The smallest absolute Gasteiger partial charge is 0.262 e. The number of benzene rings is 3. The molecule has 1 aliphatic rings. The summed E-state index contributed by atoms with van der Waals surface area (Å²) in [6.07, 6.45) is 1.07. The molecule has 5 nitrogen and oxygen atoms in total. The predicted octanol–water partition coefficient (Wildman–Crippen LogP) is 5.61. The van der Waals surface area contributed by atoms with Crippen LogP contribution in [0.3, 0.4) is 0 Å². The van der Waals surface area contributed by atoms with E-state index in [0.29, 0.717) is 23.3 Å². The highest BCUT2D eigenvalue weighted by Gasteiger charge is 2.25. The summed E-state index contributed by atoms with van der Waals surface area (Å²) >= 11 is 0. The van der Waals surface area contributed by atoms with Gasteiger partial charge < -0.3 is 4.74 Å². The van der Waals surface area contributed by atoms with E-state index in [0.717, 1.165) is 31.6 Å². The molecule has 0 saturated carbocycles. The monoisotopic (exact) mass is 464 g/mol. The van der Waals surface area contributed by atoms with Crippen molar-refractivity contribution < 1.29 is 13.2 Å². The van der Waals surface area contributed by atoms with Crippen molar-refractivity contribution in [3.05, 3.63) is 89.5 Å². The topological polar surface area (TPSA) is 58.6 Å². The molecule has 33 heavy (non-hydrogen) atoms. The number of hydrogen-bond acceptors (Lipinski definition) is 4. The summed E-state index contributed by atoms with van der Waals surface area (Å²) in [7, 11) is -2.13. The first-order valence-corrected chi connectivity index (χ1v) is 12.9. The number of nitrogens with one attached hydrogen (secondary N) is 1. The first kappa shape index (κ1) is 23.3. The highest BCUT2D eigenvalue weighted by atomic mass is 32.2. The van der Waals surface area contributed by atoms with E-state index in [1.165, 1.54) is 11.1 Å². The van der Waals surface area contributed by atoms with E-state index >= 15 is 0 Å². The normalized spacial score (nSPS) is 16.8. The third-order valence-electron chi connectivity index (χ3n) is 6.32. The Hall–Kier alpha value is -2.83. The molecule has 1 N–H and O–H groups in total. The van der Waals surface area contributed by atoms with E-state index in [-0.39, 0.29) is 4.90 Å². The van der Waals surface area contributed by atoms with Gasteiger partial charge in [-0.2, -0.15) is 0 Å². The van der Waals surface area contributed by atoms with Crippen LogP contribution >= 0.6 is 0 Å². The van der Waals surface area contributed by atoms with Crippen LogP contribution in [0.25, 0.3) is 0 Å². The van der Waals surface area contributed by atoms with E-state index in [2.05, 4.69) is 47.7 Å². The third-order valence-corrected chi connectivity index (χ3v) is 7.70. The molecule has 1 unspecified atom stereocenters. The van der Waals surface area contributed by atoms with Gasteiger partial charge in [-0.25, -0.2) is 8.42 Å². The van der Waals surface area contributed by atoms with Gasteiger partial charge in [0.05, 0.1) is 17.7 Å². The van der Waals surface area contributed by atoms with Crippen LogP contribution in [0.2, 0.25) is 0 Å². The quantitative estimate of drug-likeness (QED) is 0.471. The Bertz CT molecular complexity index is 1180. The van der Waals surface area contributed by atoms with E-state index in [9.17, 15) is 8.42 Å². The molecule has 0 bridgehead atoms. The molecule has 1 aliphatic heterocycles. The molecule has 0 spiro atoms. The molecule has 1 heterocycles. The largest absolute Gasteiger partial charge is 0.495 e. The maximum atomic E-state index is 12.9. The van der Waals surface area contributed by atoms with Gasteiger partial charge in [0.1, 0.15) is 5.75 Å². The van der Waals surface area contributed by atoms with Crippen LogP contribution < -0.4 is 9.46 Å². The van der Waals surface area contributed by atoms with Gasteiger partial charge in [0.2, 0.25) is 0 Å². The van der Waals surface area contributed by atoms with Gasteiger partial charge in [0.15, 0.2) is 0 Å². The Morgan fingerprint density at radius 2 is 1.76 bits per heavy atom. The number of ether oxygens (including phenoxy) is 1. The molecule has 1 fully saturated rings. The molecule has 0 aliphatic carbocycles. The molecule has 4 rings (SSSR count). The number of sulfonamides is 1. The van der Waals surface area contributed by atoms with Gasteiger partial charge in [0, 0.05) is 13.1 Å². The average molecular weight is 465 g/mol. The summed E-state index contributed by atoms with van der Waals surface area (Å²) in [6.45, 7) is 7.13. The minimum atomic E-state index is -3.70. The average Bonchev–Trinajstić information content (AvgIpc) is 3.28.